The second kappa shape index (κ2) is 7.02. The smallest absolute Gasteiger partial charge is 0.354 e. The fourth-order valence-electron chi connectivity index (χ4n) is 2.09. The third-order valence-corrected chi connectivity index (χ3v) is 3.32. The molecule has 1 atom stereocenters. The topological polar surface area (TPSA) is 58.2 Å². The van der Waals surface area contributed by atoms with Gasteiger partial charge in [-0.2, -0.15) is 13.2 Å². The van der Waals surface area contributed by atoms with Gasteiger partial charge in [-0.3, -0.25) is 9.59 Å². The lowest BCUT2D eigenvalue weighted by Gasteiger charge is -2.30. The van der Waals surface area contributed by atoms with Crippen molar-refractivity contribution in [1.29, 1.82) is 0 Å². The SMILES string of the molecule is CC(=O)N[C@](C)(C(=O)NCC(C)C)c1cccc(C(F)(F)F)c1. The maximum absolute atomic E-state index is 12.9. The second-order valence-electron chi connectivity index (χ2n) is 5.99. The zero-order valence-corrected chi connectivity index (χ0v) is 13.5. The first-order valence-electron chi connectivity index (χ1n) is 7.21. The van der Waals surface area contributed by atoms with Crippen molar-refractivity contribution in [3.63, 3.8) is 0 Å². The molecule has 1 rings (SSSR count). The van der Waals surface area contributed by atoms with Crippen LogP contribution in [0.15, 0.2) is 24.3 Å². The van der Waals surface area contributed by atoms with E-state index in [2.05, 4.69) is 10.6 Å². The van der Waals surface area contributed by atoms with Gasteiger partial charge in [0.1, 0.15) is 5.54 Å². The fourth-order valence-corrected chi connectivity index (χ4v) is 2.09. The summed E-state index contributed by atoms with van der Waals surface area (Å²) < 4.78 is 38.7. The molecule has 0 radical (unpaired) electrons. The summed E-state index contributed by atoms with van der Waals surface area (Å²) in [6.45, 7) is 6.73. The Labute approximate surface area is 133 Å². The fraction of sp³-hybridized carbons (Fsp3) is 0.500. The third-order valence-electron chi connectivity index (χ3n) is 3.32. The average molecular weight is 330 g/mol. The molecule has 0 bridgehead atoms. The Morgan fingerprint density at radius 2 is 1.74 bits per heavy atom. The van der Waals surface area contributed by atoms with Gasteiger partial charge in [-0.15, -0.1) is 0 Å². The lowest BCUT2D eigenvalue weighted by Crippen LogP contribution is -2.54. The maximum atomic E-state index is 12.9. The van der Waals surface area contributed by atoms with Crippen LogP contribution in [-0.2, 0) is 21.3 Å². The van der Waals surface area contributed by atoms with Gasteiger partial charge in [0.05, 0.1) is 5.56 Å². The molecule has 0 saturated heterocycles. The quantitative estimate of drug-likeness (QED) is 0.872. The summed E-state index contributed by atoms with van der Waals surface area (Å²) in [5, 5.41) is 5.11. The maximum Gasteiger partial charge on any atom is 0.416 e. The summed E-state index contributed by atoms with van der Waals surface area (Å²) in [5.41, 5.74) is -2.38. The molecule has 2 N–H and O–H groups in total. The number of nitrogens with one attached hydrogen (secondary N) is 2. The predicted molar refractivity (Wildman–Crippen MR) is 80.5 cm³/mol. The minimum absolute atomic E-state index is 0.0729. The van der Waals surface area contributed by atoms with Crippen molar-refractivity contribution in [2.45, 2.75) is 39.4 Å². The van der Waals surface area contributed by atoms with Crippen LogP contribution < -0.4 is 10.6 Å². The minimum atomic E-state index is -4.53. The van der Waals surface area contributed by atoms with Crippen LogP contribution in [0.5, 0.6) is 0 Å². The average Bonchev–Trinajstić information content (AvgIpc) is 2.43. The highest BCUT2D eigenvalue weighted by molar-refractivity contribution is 5.91. The zero-order valence-electron chi connectivity index (χ0n) is 13.5. The molecule has 0 heterocycles. The second-order valence-corrected chi connectivity index (χ2v) is 5.99. The molecule has 0 unspecified atom stereocenters. The molecule has 0 saturated carbocycles. The lowest BCUT2D eigenvalue weighted by molar-refractivity contribution is -0.138. The Morgan fingerprint density at radius 1 is 1.17 bits per heavy atom. The van der Waals surface area contributed by atoms with Crippen molar-refractivity contribution in [2.24, 2.45) is 5.92 Å². The van der Waals surface area contributed by atoms with Crippen LogP contribution in [0.4, 0.5) is 13.2 Å². The summed E-state index contributed by atoms with van der Waals surface area (Å²) in [6.07, 6.45) is -4.53. The monoisotopic (exact) mass is 330 g/mol. The highest BCUT2D eigenvalue weighted by Gasteiger charge is 2.38. The number of hydrogen-bond acceptors (Lipinski definition) is 2. The standard InChI is InChI=1S/C16H21F3N2O2/c1-10(2)9-20-14(23)15(4,21-11(3)22)12-6-5-7-13(8-12)16(17,18)19/h5-8,10H,9H2,1-4H3,(H,20,23)(H,21,22)/t15-/m0/s1. The molecule has 7 heteroatoms. The first-order chi connectivity index (χ1) is 10.5. The summed E-state index contributed by atoms with van der Waals surface area (Å²) in [7, 11) is 0. The van der Waals surface area contributed by atoms with Crippen molar-refractivity contribution < 1.29 is 22.8 Å². The summed E-state index contributed by atoms with van der Waals surface area (Å²) in [6, 6.07) is 4.41. The third kappa shape index (κ3) is 4.97. The Kier molecular flexibility index (Phi) is 5.80. The number of carbonyl (C=O) groups excluding carboxylic acids is 2. The van der Waals surface area contributed by atoms with E-state index in [-0.39, 0.29) is 11.5 Å². The molecule has 1 aromatic rings. The highest BCUT2D eigenvalue weighted by atomic mass is 19.4. The molecule has 0 fully saturated rings. The Hall–Kier alpha value is -2.05. The van der Waals surface area contributed by atoms with Gasteiger partial charge < -0.3 is 10.6 Å². The van der Waals surface area contributed by atoms with E-state index in [9.17, 15) is 22.8 Å². The van der Waals surface area contributed by atoms with E-state index >= 15 is 0 Å². The molecule has 2 amide bonds. The van der Waals surface area contributed by atoms with Crippen LogP contribution in [0.2, 0.25) is 0 Å². The Bertz CT molecular complexity index is 585. The van der Waals surface area contributed by atoms with Gasteiger partial charge in [0.25, 0.3) is 0 Å². The molecule has 4 nitrogen and oxygen atoms in total. The van der Waals surface area contributed by atoms with Crippen LogP contribution in [0.3, 0.4) is 0 Å². The van der Waals surface area contributed by atoms with Crippen molar-refractivity contribution in [3.8, 4) is 0 Å². The van der Waals surface area contributed by atoms with E-state index in [1.54, 1.807) is 0 Å². The van der Waals surface area contributed by atoms with Gasteiger partial charge in [0, 0.05) is 13.5 Å². The Balaban J connectivity index is 3.25. The van der Waals surface area contributed by atoms with Crippen molar-refractivity contribution >= 4 is 11.8 Å². The molecule has 23 heavy (non-hydrogen) atoms. The molecular formula is C16H21F3N2O2. The number of hydrogen-bond donors (Lipinski definition) is 2. The number of halogens is 3. The number of benzene rings is 1. The minimum Gasteiger partial charge on any atom is -0.354 e. The Morgan fingerprint density at radius 3 is 2.22 bits per heavy atom. The van der Waals surface area contributed by atoms with E-state index < -0.39 is 29.1 Å². The predicted octanol–water partition coefficient (Wildman–Crippen LogP) is 2.83. The zero-order chi connectivity index (χ0) is 17.8. The van der Waals surface area contributed by atoms with Crippen molar-refractivity contribution in [3.05, 3.63) is 35.4 Å². The number of amides is 2. The van der Waals surface area contributed by atoms with Gasteiger partial charge >= 0.3 is 6.18 Å². The van der Waals surface area contributed by atoms with Crippen LogP contribution in [0, 0.1) is 5.92 Å². The molecule has 0 aliphatic rings. The van der Waals surface area contributed by atoms with Crippen molar-refractivity contribution in [1.82, 2.24) is 10.6 Å². The van der Waals surface area contributed by atoms with E-state index in [4.69, 9.17) is 0 Å². The molecular weight excluding hydrogens is 309 g/mol. The normalized spacial score (nSPS) is 14.3. The van der Waals surface area contributed by atoms with Crippen molar-refractivity contribution in [2.75, 3.05) is 6.54 Å². The first-order valence-corrected chi connectivity index (χ1v) is 7.21. The summed E-state index contributed by atoms with van der Waals surface area (Å²) in [4.78, 5) is 23.9. The molecule has 128 valence electrons. The van der Waals surface area contributed by atoms with E-state index in [1.807, 2.05) is 13.8 Å². The summed E-state index contributed by atoms with van der Waals surface area (Å²) >= 11 is 0. The van der Waals surface area contributed by atoms with Crippen LogP contribution in [-0.4, -0.2) is 18.4 Å². The van der Waals surface area contributed by atoms with E-state index in [1.165, 1.54) is 26.0 Å². The van der Waals surface area contributed by atoms with Gasteiger partial charge in [-0.1, -0.05) is 26.0 Å². The number of rotatable bonds is 5. The van der Waals surface area contributed by atoms with Gasteiger partial charge in [0.2, 0.25) is 11.8 Å². The molecule has 0 aliphatic heterocycles. The van der Waals surface area contributed by atoms with E-state index in [0.717, 1.165) is 12.1 Å². The van der Waals surface area contributed by atoms with Gasteiger partial charge in [-0.25, -0.2) is 0 Å². The largest absolute Gasteiger partial charge is 0.416 e. The molecule has 1 aromatic carbocycles. The lowest BCUT2D eigenvalue weighted by atomic mass is 9.89. The van der Waals surface area contributed by atoms with Crippen LogP contribution >= 0.6 is 0 Å². The molecule has 0 aromatic heterocycles. The highest BCUT2D eigenvalue weighted by Crippen LogP contribution is 2.32. The first kappa shape index (κ1) is 19.0. The van der Waals surface area contributed by atoms with Crippen LogP contribution in [0.25, 0.3) is 0 Å². The van der Waals surface area contributed by atoms with Gasteiger partial charge in [-0.05, 0) is 30.5 Å². The molecule has 0 spiro atoms. The number of carbonyl (C=O) groups is 2. The summed E-state index contributed by atoms with van der Waals surface area (Å²) in [5.74, 6) is -0.896. The van der Waals surface area contributed by atoms with E-state index in [0.29, 0.717) is 6.54 Å². The van der Waals surface area contributed by atoms with Gasteiger partial charge in [0.15, 0.2) is 0 Å². The van der Waals surface area contributed by atoms with Crippen LogP contribution in [0.1, 0.15) is 38.8 Å². The number of alkyl halides is 3. The molecule has 0 aliphatic carbocycles.